The molecule has 2 aromatic rings. The van der Waals surface area contributed by atoms with Crippen LogP contribution in [0, 0.1) is 11.6 Å². The van der Waals surface area contributed by atoms with Crippen molar-refractivity contribution in [1.82, 2.24) is 0 Å². The normalized spacial score (nSPS) is 10.9. The summed E-state index contributed by atoms with van der Waals surface area (Å²) in [5.74, 6) is -1.58. The molecule has 2 nitrogen and oxygen atoms in total. The van der Waals surface area contributed by atoms with E-state index in [-0.39, 0.29) is 10.2 Å². The Hall–Kier alpha value is -0.975. The van der Waals surface area contributed by atoms with Crippen molar-refractivity contribution in [3.8, 4) is 0 Å². The van der Waals surface area contributed by atoms with Gasteiger partial charge in [0.05, 0.1) is 10.2 Å². The fourth-order valence-corrected chi connectivity index (χ4v) is 2.22. The average molecular weight is 214 g/mol. The summed E-state index contributed by atoms with van der Waals surface area (Å²) in [6.07, 6.45) is 0. The summed E-state index contributed by atoms with van der Waals surface area (Å²) in [5.41, 5.74) is 0. The third kappa shape index (κ3) is 1.32. The number of thiophene rings is 1. The van der Waals surface area contributed by atoms with Crippen molar-refractivity contribution in [2.75, 3.05) is 0 Å². The molecule has 1 heterocycles. The molecular weight excluding hydrogens is 209 g/mol. The van der Waals surface area contributed by atoms with Crippen molar-refractivity contribution in [1.29, 1.82) is 0 Å². The summed E-state index contributed by atoms with van der Waals surface area (Å²) < 4.78 is 26.6. The van der Waals surface area contributed by atoms with Gasteiger partial charge in [0.1, 0.15) is 11.6 Å². The third-order valence-electron chi connectivity index (χ3n) is 1.87. The van der Waals surface area contributed by atoms with Gasteiger partial charge in [-0.15, -0.1) is 11.3 Å². The van der Waals surface area contributed by atoms with Crippen molar-refractivity contribution < 1.29 is 18.8 Å². The van der Waals surface area contributed by atoms with Crippen LogP contribution in [0.4, 0.5) is 8.78 Å². The van der Waals surface area contributed by atoms with Crippen molar-refractivity contribution in [2.24, 2.45) is 0 Å². The number of benzene rings is 1. The summed E-state index contributed by atoms with van der Waals surface area (Å²) in [6.45, 7) is 0. The van der Waals surface area contributed by atoms with E-state index in [1.807, 2.05) is 0 Å². The summed E-state index contributed by atoms with van der Waals surface area (Å²) >= 11 is 0.831. The monoisotopic (exact) mass is 214 g/mol. The maximum Gasteiger partial charge on any atom is 0.502 e. The molecule has 0 radical (unpaired) electrons. The molecule has 0 aliphatic rings. The molecule has 0 saturated carbocycles. The highest BCUT2D eigenvalue weighted by atomic mass is 32.1. The van der Waals surface area contributed by atoms with Crippen LogP contribution in [0.2, 0.25) is 0 Å². The van der Waals surface area contributed by atoms with E-state index in [1.165, 1.54) is 12.1 Å². The smallest absolute Gasteiger partial charge is 0.423 e. The van der Waals surface area contributed by atoms with E-state index in [0.29, 0.717) is 4.70 Å². The molecule has 0 spiro atoms. The van der Waals surface area contributed by atoms with Crippen molar-refractivity contribution >= 4 is 33.3 Å². The minimum atomic E-state index is -1.90. The lowest BCUT2D eigenvalue weighted by Gasteiger charge is -1.92. The zero-order valence-electron chi connectivity index (χ0n) is 6.87. The van der Waals surface area contributed by atoms with Gasteiger partial charge in [-0.05, 0) is 12.1 Å². The van der Waals surface area contributed by atoms with Gasteiger partial charge in [-0.25, -0.2) is 8.78 Å². The molecule has 0 bridgehead atoms. The second kappa shape index (κ2) is 3.31. The van der Waals surface area contributed by atoms with Gasteiger partial charge in [0.2, 0.25) is 0 Å². The fraction of sp³-hybridized carbons (Fsp3) is 0. The minimum Gasteiger partial charge on any atom is -0.423 e. The molecule has 1 aromatic heterocycles. The van der Waals surface area contributed by atoms with Crippen LogP contribution in [-0.4, -0.2) is 17.2 Å². The number of halogens is 2. The maximum absolute atomic E-state index is 13.4. The van der Waals surface area contributed by atoms with Crippen LogP contribution in [0.15, 0.2) is 18.2 Å². The molecule has 14 heavy (non-hydrogen) atoms. The van der Waals surface area contributed by atoms with Gasteiger partial charge in [0.15, 0.2) is 0 Å². The Balaban J connectivity index is 2.81. The maximum atomic E-state index is 13.4. The van der Waals surface area contributed by atoms with Crippen molar-refractivity contribution in [3.63, 3.8) is 0 Å². The van der Waals surface area contributed by atoms with E-state index < -0.39 is 18.8 Å². The predicted octanol–water partition coefficient (Wildman–Crippen LogP) is 0.859. The molecule has 2 rings (SSSR count). The molecule has 0 atom stereocenters. The zero-order valence-corrected chi connectivity index (χ0v) is 7.68. The Bertz CT molecular complexity index is 483. The molecule has 0 aliphatic carbocycles. The highest BCUT2D eigenvalue weighted by Crippen LogP contribution is 2.25. The van der Waals surface area contributed by atoms with Crippen LogP contribution in [0.25, 0.3) is 10.1 Å². The Morgan fingerprint density at radius 1 is 1.21 bits per heavy atom. The summed E-state index contributed by atoms with van der Waals surface area (Å²) in [5, 5.41) is 17.4. The first kappa shape index (κ1) is 9.58. The lowest BCUT2D eigenvalue weighted by molar-refractivity contribution is 0.424. The lowest BCUT2D eigenvalue weighted by Crippen LogP contribution is -2.29. The SMILES string of the molecule is OB(O)c1sc2cccc(F)c2c1F. The minimum absolute atomic E-state index is 0.180. The van der Waals surface area contributed by atoms with Gasteiger partial charge in [0.25, 0.3) is 0 Å². The van der Waals surface area contributed by atoms with E-state index in [4.69, 9.17) is 10.0 Å². The Labute approximate surface area is 82.6 Å². The topological polar surface area (TPSA) is 40.5 Å². The largest absolute Gasteiger partial charge is 0.502 e. The molecule has 0 unspecified atom stereocenters. The van der Waals surface area contributed by atoms with Crippen molar-refractivity contribution in [3.05, 3.63) is 29.8 Å². The standard InChI is InChI=1S/C8H5BF2O2S/c10-4-2-1-3-5-6(4)7(11)8(14-5)9(12)13/h1-3,12-13H. The van der Waals surface area contributed by atoms with Crippen LogP contribution in [-0.2, 0) is 0 Å². The number of rotatable bonds is 1. The molecule has 0 saturated heterocycles. The summed E-state index contributed by atoms with van der Waals surface area (Å²) in [7, 11) is -1.90. The van der Waals surface area contributed by atoms with Gasteiger partial charge in [-0.3, -0.25) is 0 Å². The first-order valence-corrected chi connectivity index (χ1v) is 4.65. The van der Waals surface area contributed by atoms with Gasteiger partial charge >= 0.3 is 7.12 Å². The summed E-state index contributed by atoms with van der Waals surface area (Å²) in [4.78, 5) is 0. The third-order valence-corrected chi connectivity index (χ3v) is 3.04. The quantitative estimate of drug-likeness (QED) is 0.691. The van der Waals surface area contributed by atoms with Gasteiger partial charge < -0.3 is 10.0 Å². The molecule has 2 N–H and O–H groups in total. The highest BCUT2D eigenvalue weighted by Gasteiger charge is 2.23. The number of hydrogen-bond donors (Lipinski definition) is 2. The van der Waals surface area contributed by atoms with Gasteiger partial charge in [-0.2, -0.15) is 0 Å². The second-order valence-corrected chi connectivity index (χ2v) is 3.85. The zero-order chi connectivity index (χ0) is 10.3. The van der Waals surface area contributed by atoms with Crippen LogP contribution < -0.4 is 4.78 Å². The predicted molar refractivity (Wildman–Crippen MR) is 51.6 cm³/mol. The van der Waals surface area contributed by atoms with Crippen LogP contribution in [0.1, 0.15) is 0 Å². The highest BCUT2D eigenvalue weighted by molar-refractivity contribution is 7.27. The van der Waals surface area contributed by atoms with Crippen LogP contribution in [0.5, 0.6) is 0 Å². The molecular formula is C8H5BF2O2S. The van der Waals surface area contributed by atoms with E-state index in [0.717, 1.165) is 17.4 Å². The van der Waals surface area contributed by atoms with E-state index in [9.17, 15) is 8.78 Å². The number of hydrogen-bond acceptors (Lipinski definition) is 3. The van der Waals surface area contributed by atoms with Crippen LogP contribution >= 0.6 is 11.3 Å². The van der Waals surface area contributed by atoms with E-state index >= 15 is 0 Å². The van der Waals surface area contributed by atoms with E-state index in [2.05, 4.69) is 0 Å². The Morgan fingerprint density at radius 3 is 2.50 bits per heavy atom. The number of fused-ring (bicyclic) bond motifs is 1. The first-order valence-electron chi connectivity index (χ1n) is 3.84. The fourth-order valence-electron chi connectivity index (χ4n) is 1.25. The molecule has 72 valence electrons. The molecule has 0 amide bonds. The van der Waals surface area contributed by atoms with Crippen LogP contribution in [0.3, 0.4) is 0 Å². The molecule has 0 aliphatic heterocycles. The molecule has 1 aromatic carbocycles. The van der Waals surface area contributed by atoms with Gasteiger partial charge in [-0.1, -0.05) is 6.07 Å². The second-order valence-electron chi connectivity index (χ2n) is 2.77. The molecule has 0 fully saturated rings. The summed E-state index contributed by atoms with van der Waals surface area (Å²) in [6, 6.07) is 4.10. The lowest BCUT2D eigenvalue weighted by atomic mass is 9.88. The Kier molecular flexibility index (Phi) is 2.26. The van der Waals surface area contributed by atoms with Gasteiger partial charge in [0, 0.05) is 4.70 Å². The van der Waals surface area contributed by atoms with Crippen molar-refractivity contribution in [2.45, 2.75) is 0 Å². The first-order chi connectivity index (χ1) is 6.61. The molecule has 6 heteroatoms. The van der Waals surface area contributed by atoms with E-state index in [1.54, 1.807) is 0 Å². The average Bonchev–Trinajstić information content (AvgIpc) is 2.45. The Morgan fingerprint density at radius 2 is 1.93 bits per heavy atom.